The third-order valence-electron chi connectivity index (χ3n) is 3.77. The minimum atomic E-state index is 0.230. The lowest BCUT2D eigenvalue weighted by Gasteiger charge is -2.29. The van der Waals surface area contributed by atoms with Crippen molar-refractivity contribution < 1.29 is 4.74 Å². The van der Waals surface area contributed by atoms with Crippen molar-refractivity contribution in [2.24, 2.45) is 0 Å². The number of ether oxygens (including phenoxy) is 1. The largest absolute Gasteiger partial charge is 0.375 e. The molecule has 1 aliphatic heterocycles. The zero-order valence-corrected chi connectivity index (χ0v) is 12.2. The van der Waals surface area contributed by atoms with Crippen LogP contribution in [-0.2, 0) is 11.3 Å². The Hall–Kier alpha value is -1.35. The van der Waals surface area contributed by atoms with Crippen molar-refractivity contribution in [3.05, 3.63) is 70.2 Å². The fourth-order valence-corrected chi connectivity index (χ4v) is 2.89. The fourth-order valence-electron chi connectivity index (χ4n) is 2.69. The van der Waals surface area contributed by atoms with Gasteiger partial charge in [0, 0.05) is 11.1 Å². The molecule has 0 fully saturated rings. The minimum Gasteiger partial charge on any atom is -0.375 e. The number of hydrogen-bond donors (Lipinski definition) is 1. The molecule has 0 bridgehead atoms. The summed E-state index contributed by atoms with van der Waals surface area (Å²) in [5.41, 5.74) is 3.81. The lowest BCUT2D eigenvalue weighted by molar-refractivity contribution is 0.0791. The van der Waals surface area contributed by atoms with Gasteiger partial charge in [0.1, 0.15) is 0 Å². The van der Waals surface area contributed by atoms with E-state index < -0.39 is 0 Å². The maximum atomic E-state index is 6.06. The van der Waals surface area contributed by atoms with Crippen LogP contribution in [0.3, 0.4) is 0 Å². The molecule has 0 aliphatic carbocycles. The van der Waals surface area contributed by atoms with Gasteiger partial charge >= 0.3 is 0 Å². The molecule has 0 spiro atoms. The third kappa shape index (κ3) is 2.88. The van der Waals surface area contributed by atoms with Crippen LogP contribution in [0.2, 0.25) is 5.02 Å². The number of rotatable bonds is 3. The van der Waals surface area contributed by atoms with Crippen molar-refractivity contribution in [1.82, 2.24) is 5.32 Å². The predicted octanol–water partition coefficient (Wildman–Crippen LogP) is 4.26. The first-order valence-electron chi connectivity index (χ1n) is 6.91. The molecular weight excluding hydrogens is 270 g/mol. The monoisotopic (exact) mass is 287 g/mol. The van der Waals surface area contributed by atoms with Crippen molar-refractivity contribution in [3.63, 3.8) is 0 Å². The number of fused-ring (bicyclic) bond motifs is 1. The Bertz CT molecular complexity index is 599. The smallest absolute Gasteiger partial charge is 0.0721 e. The molecule has 2 aromatic rings. The van der Waals surface area contributed by atoms with Crippen LogP contribution in [0, 0.1) is 0 Å². The molecule has 1 heterocycles. The lowest BCUT2D eigenvalue weighted by Crippen LogP contribution is -2.31. The summed E-state index contributed by atoms with van der Waals surface area (Å²) in [6.45, 7) is 3.57. The van der Waals surface area contributed by atoms with Crippen molar-refractivity contribution >= 4 is 11.6 Å². The molecule has 0 saturated carbocycles. The molecule has 1 aliphatic rings. The summed E-state index contributed by atoms with van der Waals surface area (Å²) in [5.74, 6) is 0. The van der Waals surface area contributed by atoms with E-state index in [9.17, 15) is 0 Å². The normalized spacial score (nSPS) is 19.4. The molecule has 2 aromatic carbocycles. The molecule has 0 saturated heterocycles. The van der Waals surface area contributed by atoms with E-state index in [1.54, 1.807) is 0 Å². The second kappa shape index (κ2) is 5.96. The predicted molar refractivity (Wildman–Crippen MR) is 81.8 cm³/mol. The molecule has 0 radical (unpaired) electrons. The van der Waals surface area contributed by atoms with E-state index in [4.69, 9.17) is 16.3 Å². The highest BCUT2D eigenvalue weighted by molar-refractivity contribution is 6.30. The first-order valence-corrected chi connectivity index (χ1v) is 7.29. The highest BCUT2D eigenvalue weighted by atomic mass is 35.5. The van der Waals surface area contributed by atoms with Gasteiger partial charge in [-0.15, -0.1) is 0 Å². The average molecular weight is 288 g/mol. The van der Waals surface area contributed by atoms with Crippen molar-refractivity contribution in [2.75, 3.05) is 6.61 Å². The van der Waals surface area contributed by atoms with Crippen LogP contribution in [0.25, 0.3) is 0 Å². The summed E-state index contributed by atoms with van der Waals surface area (Å²) in [7, 11) is 0. The van der Waals surface area contributed by atoms with E-state index in [2.05, 4.69) is 42.6 Å². The summed E-state index contributed by atoms with van der Waals surface area (Å²) >= 11 is 6.06. The van der Waals surface area contributed by atoms with Gasteiger partial charge in [-0.25, -0.2) is 0 Å². The van der Waals surface area contributed by atoms with Crippen LogP contribution in [-0.4, -0.2) is 6.61 Å². The molecule has 0 amide bonds. The van der Waals surface area contributed by atoms with Gasteiger partial charge < -0.3 is 10.1 Å². The minimum absolute atomic E-state index is 0.230. The van der Waals surface area contributed by atoms with Crippen LogP contribution in [0.4, 0.5) is 0 Å². The maximum Gasteiger partial charge on any atom is 0.0721 e. The lowest BCUT2D eigenvalue weighted by atomic mass is 9.97. The molecule has 0 aromatic heterocycles. The Morgan fingerprint density at radius 1 is 1.20 bits per heavy atom. The Morgan fingerprint density at radius 3 is 2.90 bits per heavy atom. The van der Waals surface area contributed by atoms with Gasteiger partial charge in [-0.1, -0.05) is 48.0 Å². The number of nitrogens with one attached hydrogen (secondary N) is 1. The summed E-state index contributed by atoms with van der Waals surface area (Å²) in [5, 5.41) is 4.41. The Labute approximate surface area is 124 Å². The zero-order valence-electron chi connectivity index (χ0n) is 11.5. The third-order valence-corrected chi connectivity index (χ3v) is 4.01. The van der Waals surface area contributed by atoms with Crippen molar-refractivity contribution in [2.45, 2.75) is 25.6 Å². The number of hydrogen-bond acceptors (Lipinski definition) is 2. The van der Waals surface area contributed by atoms with Gasteiger partial charge in [-0.05, 0) is 35.7 Å². The van der Waals surface area contributed by atoms with Crippen LogP contribution in [0.15, 0.2) is 48.5 Å². The summed E-state index contributed by atoms with van der Waals surface area (Å²) in [6, 6.07) is 16.9. The van der Waals surface area contributed by atoms with E-state index in [0.717, 1.165) is 5.02 Å². The first-order chi connectivity index (χ1) is 9.74. The Morgan fingerprint density at radius 2 is 2.05 bits per heavy atom. The molecule has 2 unspecified atom stereocenters. The maximum absolute atomic E-state index is 6.06. The molecule has 104 valence electrons. The van der Waals surface area contributed by atoms with Crippen LogP contribution >= 0.6 is 11.6 Å². The van der Waals surface area contributed by atoms with Gasteiger partial charge in [0.2, 0.25) is 0 Å². The fraction of sp³-hybridized carbons (Fsp3) is 0.294. The summed E-state index contributed by atoms with van der Waals surface area (Å²) in [6.07, 6.45) is 0. The van der Waals surface area contributed by atoms with Crippen molar-refractivity contribution in [1.29, 1.82) is 0 Å². The van der Waals surface area contributed by atoms with Gasteiger partial charge in [-0.3, -0.25) is 0 Å². The van der Waals surface area contributed by atoms with E-state index in [0.29, 0.717) is 13.2 Å². The quantitative estimate of drug-likeness (QED) is 0.911. The second-order valence-electron chi connectivity index (χ2n) is 5.21. The topological polar surface area (TPSA) is 21.3 Å². The standard InChI is InChI=1S/C17H18ClNO/c1-12(13-6-4-7-15(18)9-13)19-17-11-20-10-14-5-2-3-8-16(14)17/h2-9,12,17,19H,10-11H2,1H3. The molecule has 1 N–H and O–H groups in total. The molecule has 2 nitrogen and oxygen atoms in total. The van der Waals surface area contributed by atoms with Crippen LogP contribution in [0.5, 0.6) is 0 Å². The van der Waals surface area contributed by atoms with E-state index in [-0.39, 0.29) is 12.1 Å². The molecule has 2 atom stereocenters. The van der Waals surface area contributed by atoms with E-state index in [1.165, 1.54) is 16.7 Å². The average Bonchev–Trinajstić information content (AvgIpc) is 2.47. The van der Waals surface area contributed by atoms with Gasteiger partial charge in [0.05, 0.1) is 19.3 Å². The zero-order chi connectivity index (χ0) is 13.9. The van der Waals surface area contributed by atoms with Gasteiger partial charge in [0.15, 0.2) is 0 Å². The summed E-state index contributed by atoms with van der Waals surface area (Å²) < 4.78 is 5.68. The first kappa shape index (κ1) is 13.6. The van der Waals surface area contributed by atoms with E-state index >= 15 is 0 Å². The van der Waals surface area contributed by atoms with Crippen LogP contribution in [0.1, 0.15) is 35.7 Å². The molecular formula is C17H18ClNO. The van der Waals surface area contributed by atoms with Gasteiger partial charge in [-0.2, -0.15) is 0 Å². The van der Waals surface area contributed by atoms with E-state index in [1.807, 2.05) is 18.2 Å². The van der Waals surface area contributed by atoms with Crippen molar-refractivity contribution in [3.8, 4) is 0 Å². The van der Waals surface area contributed by atoms with Crippen LogP contribution < -0.4 is 5.32 Å². The second-order valence-corrected chi connectivity index (χ2v) is 5.65. The highest BCUT2D eigenvalue weighted by Gasteiger charge is 2.22. The Kier molecular flexibility index (Phi) is 4.06. The Balaban J connectivity index is 1.79. The molecule has 20 heavy (non-hydrogen) atoms. The SMILES string of the molecule is CC(NC1COCc2ccccc21)c1cccc(Cl)c1. The number of halogens is 1. The summed E-state index contributed by atoms with van der Waals surface area (Å²) in [4.78, 5) is 0. The molecule has 3 rings (SSSR count). The van der Waals surface area contributed by atoms with Gasteiger partial charge in [0.25, 0.3) is 0 Å². The molecule has 3 heteroatoms. The highest BCUT2D eigenvalue weighted by Crippen LogP contribution is 2.27. The number of benzene rings is 2.